The van der Waals surface area contributed by atoms with Crippen molar-refractivity contribution in [1.29, 1.82) is 0 Å². The molecule has 0 aliphatic carbocycles. The van der Waals surface area contributed by atoms with Crippen molar-refractivity contribution in [1.82, 2.24) is 25.1 Å². The molecule has 0 saturated carbocycles. The predicted octanol–water partition coefficient (Wildman–Crippen LogP) is 1.84. The first-order valence-electron chi connectivity index (χ1n) is 6.95. The zero-order chi connectivity index (χ0) is 15.5. The van der Waals surface area contributed by atoms with Crippen LogP contribution in [0.1, 0.15) is 18.6 Å². The molecule has 0 saturated heterocycles. The molecule has 8 nitrogen and oxygen atoms in total. The fraction of sp³-hybridized carbons (Fsp3) is 0.286. The van der Waals surface area contributed by atoms with Crippen LogP contribution in [0.5, 0.6) is 0 Å². The highest BCUT2D eigenvalue weighted by Gasteiger charge is 2.10. The monoisotopic (exact) mass is 300 g/mol. The van der Waals surface area contributed by atoms with Gasteiger partial charge >= 0.3 is 6.03 Å². The van der Waals surface area contributed by atoms with E-state index in [1.54, 1.807) is 11.7 Å². The summed E-state index contributed by atoms with van der Waals surface area (Å²) in [6.07, 6.45) is 0.746. The van der Waals surface area contributed by atoms with E-state index in [1.165, 1.54) is 0 Å². The molecule has 3 aromatic rings. The van der Waals surface area contributed by atoms with Gasteiger partial charge in [-0.15, -0.1) is 5.10 Å². The molecule has 0 aliphatic heterocycles. The summed E-state index contributed by atoms with van der Waals surface area (Å²) >= 11 is 0. The second kappa shape index (κ2) is 5.84. The van der Waals surface area contributed by atoms with Crippen molar-refractivity contribution < 1.29 is 9.21 Å². The third kappa shape index (κ3) is 2.90. The first-order chi connectivity index (χ1) is 10.7. The molecule has 0 atom stereocenters. The van der Waals surface area contributed by atoms with Crippen LogP contribution in [0.4, 0.5) is 10.7 Å². The van der Waals surface area contributed by atoms with Crippen LogP contribution in [0.25, 0.3) is 11.1 Å². The second-order valence-electron chi connectivity index (χ2n) is 4.71. The summed E-state index contributed by atoms with van der Waals surface area (Å²) in [5, 5.41) is 9.34. The van der Waals surface area contributed by atoms with Crippen molar-refractivity contribution in [2.75, 3.05) is 5.32 Å². The molecular weight excluding hydrogens is 284 g/mol. The van der Waals surface area contributed by atoms with E-state index in [9.17, 15) is 4.79 Å². The second-order valence-corrected chi connectivity index (χ2v) is 4.71. The average Bonchev–Trinajstić information content (AvgIpc) is 3.07. The van der Waals surface area contributed by atoms with Gasteiger partial charge in [-0.2, -0.15) is 4.98 Å². The van der Waals surface area contributed by atoms with E-state index >= 15 is 0 Å². The first kappa shape index (κ1) is 14.1. The molecule has 1 aromatic carbocycles. The number of carbonyl (C=O) groups is 1. The van der Waals surface area contributed by atoms with E-state index in [1.807, 2.05) is 31.2 Å². The minimum Gasteiger partial charge on any atom is -0.439 e. The van der Waals surface area contributed by atoms with Crippen molar-refractivity contribution >= 4 is 23.1 Å². The molecule has 3 rings (SSSR count). The van der Waals surface area contributed by atoms with E-state index in [2.05, 4.69) is 25.7 Å². The Morgan fingerprint density at radius 1 is 1.32 bits per heavy atom. The molecule has 8 heteroatoms. The van der Waals surface area contributed by atoms with Gasteiger partial charge in [-0.3, -0.25) is 10.00 Å². The van der Waals surface area contributed by atoms with Crippen LogP contribution in [0.2, 0.25) is 0 Å². The highest BCUT2D eigenvalue weighted by atomic mass is 16.3. The molecule has 22 heavy (non-hydrogen) atoms. The highest BCUT2D eigenvalue weighted by Crippen LogP contribution is 2.14. The average molecular weight is 300 g/mol. The Morgan fingerprint density at radius 2 is 2.14 bits per heavy atom. The largest absolute Gasteiger partial charge is 0.439 e. The van der Waals surface area contributed by atoms with E-state index in [0.717, 1.165) is 17.8 Å². The van der Waals surface area contributed by atoms with E-state index in [4.69, 9.17) is 4.42 Å². The normalized spacial score (nSPS) is 10.8. The number of urea groups is 1. The minimum absolute atomic E-state index is 0.188. The Labute approximate surface area is 126 Å². The summed E-state index contributed by atoms with van der Waals surface area (Å²) in [4.78, 5) is 20.3. The summed E-state index contributed by atoms with van der Waals surface area (Å²) in [6.45, 7) is 2.16. The van der Waals surface area contributed by atoms with Gasteiger partial charge in [0.15, 0.2) is 5.58 Å². The standard InChI is InChI=1S/C14H16N6O2/c1-3-11-17-13(19-20(11)2)18-14(21)15-8-12-16-9-6-4-5-7-10(9)22-12/h4-7H,3,8H2,1-2H3,(H2,15,18,19,21). The molecule has 0 bridgehead atoms. The zero-order valence-corrected chi connectivity index (χ0v) is 12.3. The molecule has 2 aromatic heterocycles. The number of amides is 2. The lowest BCUT2D eigenvalue weighted by Gasteiger charge is -2.01. The third-order valence-electron chi connectivity index (χ3n) is 3.13. The fourth-order valence-corrected chi connectivity index (χ4v) is 2.07. The van der Waals surface area contributed by atoms with Crippen LogP contribution in [0.15, 0.2) is 28.7 Å². The summed E-state index contributed by atoms with van der Waals surface area (Å²) in [5.74, 6) is 1.52. The molecule has 114 valence electrons. The Balaban J connectivity index is 1.59. The van der Waals surface area contributed by atoms with Gasteiger partial charge < -0.3 is 9.73 Å². The number of carbonyl (C=O) groups excluding carboxylic acids is 1. The van der Waals surface area contributed by atoms with Gasteiger partial charge in [-0.05, 0) is 12.1 Å². The van der Waals surface area contributed by atoms with Gasteiger partial charge in [-0.25, -0.2) is 9.78 Å². The topological polar surface area (TPSA) is 97.9 Å². The third-order valence-corrected chi connectivity index (χ3v) is 3.13. The Kier molecular flexibility index (Phi) is 3.73. The number of hydrogen-bond donors (Lipinski definition) is 2. The quantitative estimate of drug-likeness (QED) is 0.766. The van der Waals surface area contributed by atoms with Crippen LogP contribution in [-0.2, 0) is 20.0 Å². The number of nitrogens with zero attached hydrogens (tertiary/aromatic N) is 4. The first-order valence-corrected chi connectivity index (χ1v) is 6.95. The molecular formula is C14H16N6O2. The maximum Gasteiger partial charge on any atom is 0.322 e. The molecule has 2 N–H and O–H groups in total. The summed E-state index contributed by atoms with van der Waals surface area (Å²) in [5.41, 5.74) is 1.46. The predicted molar refractivity (Wildman–Crippen MR) is 80.2 cm³/mol. The Bertz CT molecular complexity index is 774. The zero-order valence-electron chi connectivity index (χ0n) is 12.3. The van der Waals surface area contributed by atoms with Crippen molar-refractivity contribution in [2.24, 2.45) is 7.05 Å². The molecule has 2 amide bonds. The lowest BCUT2D eigenvalue weighted by molar-refractivity contribution is 0.250. The van der Waals surface area contributed by atoms with Crippen LogP contribution in [0.3, 0.4) is 0 Å². The molecule has 0 spiro atoms. The number of aromatic nitrogens is 4. The number of anilines is 1. The maximum absolute atomic E-state index is 11.8. The summed E-state index contributed by atoms with van der Waals surface area (Å²) in [7, 11) is 1.78. The van der Waals surface area contributed by atoms with Crippen molar-refractivity contribution in [3.05, 3.63) is 36.0 Å². The van der Waals surface area contributed by atoms with Gasteiger partial charge in [0, 0.05) is 13.5 Å². The van der Waals surface area contributed by atoms with Gasteiger partial charge in [-0.1, -0.05) is 19.1 Å². The van der Waals surface area contributed by atoms with Gasteiger partial charge in [0.25, 0.3) is 0 Å². The van der Waals surface area contributed by atoms with Crippen molar-refractivity contribution in [3.8, 4) is 0 Å². The number of hydrogen-bond acceptors (Lipinski definition) is 5. The maximum atomic E-state index is 11.8. The Morgan fingerprint density at radius 3 is 2.86 bits per heavy atom. The number of fused-ring (bicyclic) bond motifs is 1. The van der Waals surface area contributed by atoms with Gasteiger partial charge in [0.05, 0.1) is 6.54 Å². The van der Waals surface area contributed by atoms with Crippen molar-refractivity contribution in [3.63, 3.8) is 0 Å². The van der Waals surface area contributed by atoms with Crippen molar-refractivity contribution in [2.45, 2.75) is 19.9 Å². The molecule has 0 fully saturated rings. The lowest BCUT2D eigenvalue weighted by atomic mass is 10.3. The highest BCUT2D eigenvalue weighted by molar-refractivity contribution is 5.87. The fourth-order valence-electron chi connectivity index (χ4n) is 2.07. The van der Waals surface area contributed by atoms with E-state index in [0.29, 0.717) is 11.5 Å². The molecule has 0 unspecified atom stereocenters. The minimum atomic E-state index is -0.407. The number of para-hydroxylation sites is 2. The van der Waals surface area contributed by atoms with Crippen LogP contribution in [-0.4, -0.2) is 25.8 Å². The van der Waals surface area contributed by atoms with Gasteiger partial charge in [0.1, 0.15) is 11.3 Å². The summed E-state index contributed by atoms with van der Waals surface area (Å²) in [6, 6.07) is 7.03. The van der Waals surface area contributed by atoms with Crippen LogP contribution in [0, 0.1) is 0 Å². The van der Waals surface area contributed by atoms with E-state index in [-0.39, 0.29) is 12.5 Å². The number of benzene rings is 1. The van der Waals surface area contributed by atoms with Crippen LogP contribution < -0.4 is 10.6 Å². The molecule has 2 heterocycles. The number of aryl methyl sites for hydroxylation is 2. The van der Waals surface area contributed by atoms with Crippen LogP contribution >= 0.6 is 0 Å². The van der Waals surface area contributed by atoms with E-state index < -0.39 is 6.03 Å². The number of rotatable bonds is 4. The number of oxazole rings is 1. The SMILES string of the molecule is CCc1nc(NC(=O)NCc2nc3ccccc3o2)nn1C. The molecule has 0 radical (unpaired) electrons. The number of nitrogens with one attached hydrogen (secondary N) is 2. The summed E-state index contributed by atoms with van der Waals surface area (Å²) < 4.78 is 7.16. The Hall–Kier alpha value is -2.90. The smallest absolute Gasteiger partial charge is 0.322 e. The molecule has 0 aliphatic rings. The lowest BCUT2D eigenvalue weighted by Crippen LogP contribution is -2.28. The van der Waals surface area contributed by atoms with Gasteiger partial charge in [0.2, 0.25) is 11.8 Å².